The fourth-order valence-corrected chi connectivity index (χ4v) is 4.79. The molecule has 1 aliphatic heterocycles. The number of hydrogen-bond acceptors (Lipinski definition) is 4. The first-order valence-corrected chi connectivity index (χ1v) is 11.6. The number of anilines is 2. The molecule has 30 heavy (non-hydrogen) atoms. The highest BCUT2D eigenvalue weighted by Crippen LogP contribution is 2.38. The summed E-state index contributed by atoms with van der Waals surface area (Å²) in [5.41, 5.74) is 3.17. The quantitative estimate of drug-likeness (QED) is 0.660. The average Bonchev–Trinajstić information content (AvgIpc) is 3.50. The van der Waals surface area contributed by atoms with Crippen molar-refractivity contribution in [3.05, 3.63) is 59.7 Å². The number of ether oxygens (including phenoxy) is 1. The van der Waals surface area contributed by atoms with Crippen molar-refractivity contribution in [1.82, 2.24) is 0 Å². The topological polar surface area (TPSA) is 67.4 Å². The Balaban J connectivity index is 1.34. The van der Waals surface area contributed by atoms with E-state index < -0.39 is 0 Å². The van der Waals surface area contributed by atoms with Crippen LogP contribution in [0.1, 0.15) is 42.1 Å². The Kier molecular flexibility index (Phi) is 6.75. The smallest absolute Gasteiger partial charge is 0.255 e. The first kappa shape index (κ1) is 20.9. The Morgan fingerprint density at radius 1 is 1.03 bits per heavy atom. The average molecular weight is 425 g/mol. The molecular formula is C24H28N2O3S. The number of rotatable bonds is 7. The fraction of sp³-hybridized carbons (Fsp3) is 0.417. The summed E-state index contributed by atoms with van der Waals surface area (Å²) in [6.07, 6.45) is 3.15. The summed E-state index contributed by atoms with van der Waals surface area (Å²) < 4.78 is 5.42. The number of benzene rings is 2. The molecule has 0 spiro atoms. The molecule has 5 nitrogen and oxygen atoms in total. The van der Waals surface area contributed by atoms with Crippen molar-refractivity contribution in [1.29, 1.82) is 0 Å². The number of hydrogen-bond donors (Lipinski definition) is 2. The Labute approximate surface area is 182 Å². The second-order valence-corrected chi connectivity index (χ2v) is 9.46. The summed E-state index contributed by atoms with van der Waals surface area (Å²) in [5.74, 6) is 1.34. The van der Waals surface area contributed by atoms with Crippen LogP contribution >= 0.6 is 11.8 Å². The molecule has 1 saturated carbocycles. The molecule has 0 radical (unpaired) electrons. The van der Waals surface area contributed by atoms with Gasteiger partial charge in [0.15, 0.2) is 0 Å². The van der Waals surface area contributed by atoms with Crippen LogP contribution in [0.4, 0.5) is 11.4 Å². The molecule has 1 saturated heterocycles. The summed E-state index contributed by atoms with van der Waals surface area (Å²) >= 11 is 1.96. The minimum Gasteiger partial charge on any atom is -0.381 e. The van der Waals surface area contributed by atoms with Gasteiger partial charge in [0.2, 0.25) is 5.91 Å². The van der Waals surface area contributed by atoms with Crippen LogP contribution in [-0.2, 0) is 15.3 Å². The molecule has 2 atom stereocenters. The standard InChI is InChI=1S/C24H28N2O3S/c1-16-12-22(16)24(28)26-20-7-3-5-18(14-20)23(27)25-19-6-2-4-17(13-19)15-30-21-8-10-29-11-9-21/h2-7,13-14,16,21-22H,8-12,15H2,1H3,(H,25,27)(H,26,28). The fourth-order valence-electron chi connectivity index (χ4n) is 3.66. The molecule has 2 aromatic carbocycles. The zero-order valence-corrected chi connectivity index (χ0v) is 18.0. The molecule has 2 N–H and O–H groups in total. The van der Waals surface area contributed by atoms with E-state index in [-0.39, 0.29) is 17.7 Å². The molecule has 1 heterocycles. The first-order valence-electron chi connectivity index (χ1n) is 10.6. The van der Waals surface area contributed by atoms with Crippen molar-refractivity contribution in [3.63, 3.8) is 0 Å². The molecule has 0 aromatic heterocycles. The highest BCUT2D eigenvalue weighted by molar-refractivity contribution is 7.99. The van der Waals surface area contributed by atoms with Gasteiger partial charge >= 0.3 is 0 Å². The molecule has 0 bridgehead atoms. The van der Waals surface area contributed by atoms with Gasteiger partial charge in [-0.1, -0.05) is 25.1 Å². The van der Waals surface area contributed by atoms with Gasteiger partial charge in [0.05, 0.1) is 0 Å². The zero-order valence-electron chi connectivity index (χ0n) is 17.2. The Hall–Kier alpha value is -2.31. The van der Waals surface area contributed by atoms with Crippen LogP contribution in [0.15, 0.2) is 48.5 Å². The predicted molar refractivity (Wildman–Crippen MR) is 122 cm³/mol. The largest absolute Gasteiger partial charge is 0.381 e. The van der Waals surface area contributed by atoms with E-state index in [9.17, 15) is 9.59 Å². The maximum atomic E-state index is 12.7. The molecule has 2 aromatic rings. The minimum absolute atomic E-state index is 0.0368. The second kappa shape index (κ2) is 9.67. The van der Waals surface area contributed by atoms with E-state index in [1.165, 1.54) is 5.56 Å². The molecule has 2 amide bonds. The van der Waals surface area contributed by atoms with Gasteiger partial charge < -0.3 is 15.4 Å². The maximum Gasteiger partial charge on any atom is 0.255 e. The summed E-state index contributed by atoms with van der Waals surface area (Å²) in [4.78, 5) is 24.9. The monoisotopic (exact) mass is 424 g/mol. The summed E-state index contributed by atoms with van der Waals surface area (Å²) in [7, 11) is 0. The molecular weight excluding hydrogens is 396 g/mol. The van der Waals surface area contributed by atoms with E-state index in [4.69, 9.17) is 4.74 Å². The van der Waals surface area contributed by atoms with Gasteiger partial charge in [-0.3, -0.25) is 9.59 Å². The normalized spacial score (nSPS) is 21.1. The molecule has 2 aliphatic rings. The molecule has 158 valence electrons. The third-order valence-corrected chi connectivity index (χ3v) is 7.12. The number of thioether (sulfide) groups is 1. The molecule has 6 heteroatoms. The summed E-state index contributed by atoms with van der Waals surface area (Å²) in [6, 6.07) is 15.1. The van der Waals surface area contributed by atoms with Gasteiger partial charge in [0.25, 0.3) is 5.91 Å². The van der Waals surface area contributed by atoms with Crippen molar-refractivity contribution < 1.29 is 14.3 Å². The first-order chi connectivity index (χ1) is 14.6. The highest BCUT2D eigenvalue weighted by Gasteiger charge is 2.39. The lowest BCUT2D eigenvalue weighted by atomic mass is 10.1. The summed E-state index contributed by atoms with van der Waals surface area (Å²) in [5, 5.41) is 6.54. The van der Waals surface area contributed by atoms with Crippen molar-refractivity contribution in [2.24, 2.45) is 11.8 Å². The summed E-state index contributed by atoms with van der Waals surface area (Å²) in [6.45, 7) is 3.78. The lowest BCUT2D eigenvalue weighted by Gasteiger charge is -2.21. The third-order valence-electron chi connectivity index (χ3n) is 5.68. The van der Waals surface area contributed by atoms with Gasteiger partial charge in [0, 0.05) is 47.1 Å². The van der Waals surface area contributed by atoms with E-state index in [1.807, 2.05) is 36.0 Å². The lowest BCUT2D eigenvalue weighted by Crippen LogP contribution is -2.17. The van der Waals surface area contributed by atoms with Crippen molar-refractivity contribution in [3.8, 4) is 0 Å². The van der Waals surface area contributed by atoms with E-state index in [2.05, 4.69) is 23.6 Å². The Morgan fingerprint density at radius 2 is 1.73 bits per heavy atom. The van der Waals surface area contributed by atoms with Gasteiger partial charge in [-0.05, 0) is 61.1 Å². The van der Waals surface area contributed by atoms with E-state index >= 15 is 0 Å². The van der Waals surface area contributed by atoms with Crippen LogP contribution in [0.2, 0.25) is 0 Å². The Morgan fingerprint density at radius 3 is 2.47 bits per heavy atom. The molecule has 2 unspecified atom stereocenters. The van der Waals surface area contributed by atoms with Crippen molar-refractivity contribution >= 4 is 35.0 Å². The van der Waals surface area contributed by atoms with Gasteiger partial charge in [-0.15, -0.1) is 0 Å². The number of nitrogens with one attached hydrogen (secondary N) is 2. The van der Waals surface area contributed by atoms with E-state index in [0.29, 0.717) is 22.4 Å². The van der Waals surface area contributed by atoms with Crippen LogP contribution in [0.3, 0.4) is 0 Å². The van der Waals surface area contributed by atoms with Crippen LogP contribution in [0, 0.1) is 11.8 Å². The van der Waals surface area contributed by atoms with E-state index in [0.717, 1.165) is 43.9 Å². The minimum atomic E-state index is -0.180. The number of amides is 2. The Bertz CT molecular complexity index is 911. The van der Waals surface area contributed by atoms with Crippen LogP contribution in [0.5, 0.6) is 0 Å². The van der Waals surface area contributed by atoms with Crippen molar-refractivity contribution in [2.75, 3.05) is 23.8 Å². The molecule has 2 fully saturated rings. The SMILES string of the molecule is CC1CC1C(=O)Nc1cccc(C(=O)Nc2cccc(CSC3CCOCC3)c2)c1. The van der Waals surface area contributed by atoms with E-state index in [1.54, 1.807) is 18.2 Å². The highest BCUT2D eigenvalue weighted by atomic mass is 32.2. The second-order valence-electron chi connectivity index (χ2n) is 8.17. The molecule has 4 rings (SSSR count). The zero-order chi connectivity index (χ0) is 20.9. The van der Waals surface area contributed by atoms with Gasteiger partial charge in [0.1, 0.15) is 0 Å². The molecule has 1 aliphatic carbocycles. The van der Waals surface area contributed by atoms with Crippen molar-refractivity contribution in [2.45, 2.75) is 37.2 Å². The van der Waals surface area contributed by atoms with Gasteiger partial charge in [-0.25, -0.2) is 0 Å². The van der Waals surface area contributed by atoms with Crippen LogP contribution in [0.25, 0.3) is 0 Å². The predicted octanol–water partition coefficient (Wildman–Crippen LogP) is 4.95. The number of carbonyl (C=O) groups excluding carboxylic acids is 2. The maximum absolute atomic E-state index is 12.7. The third kappa shape index (κ3) is 5.64. The van der Waals surface area contributed by atoms with Crippen LogP contribution < -0.4 is 10.6 Å². The lowest BCUT2D eigenvalue weighted by molar-refractivity contribution is -0.117. The van der Waals surface area contributed by atoms with Gasteiger partial charge in [-0.2, -0.15) is 11.8 Å². The van der Waals surface area contributed by atoms with Crippen LogP contribution in [-0.4, -0.2) is 30.3 Å². The number of carbonyl (C=O) groups is 2.